The minimum atomic E-state index is -4.64. The quantitative estimate of drug-likeness (QED) is 0.346. The molecule has 4 heterocycles. The number of morpholine rings is 1. The van der Waals surface area contributed by atoms with E-state index in [1.807, 2.05) is 6.07 Å². The van der Waals surface area contributed by atoms with E-state index in [2.05, 4.69) is 25.2 Å². The maximum absolute atomic E-state index is 13.3. The molecule has 1 aliphatic rings. The fourth-order valence-corrected chi connectivity index (χ4v) is 4.51. The van der Waals surface area contributed by atoms with E-state index in [0.29, 0.717) is 37.3 Å². The lowest BCUT2D eigenvalue weighted by Gasteiger charge is -2.29. The minimum absolute atomic E-state index is 0.0158. The predicted octanol–water partition coefficient (Wildman–Crippen LogP) is 4.10. The molecule has 1 atom stereocenters. The van der Waals surface area contributed by atoms with Crippen LogP contribution in [0, 0.1) is 0 Å². The number of benzene rings is 1. The Balaban J connectivity index is 1.46. The molecule has 5 rings (SSSR count). The highest BCUT2D eigenvalue weighted by Crippen LogP contribution is 2.37. The number of pyridine rings is 2. The molecule has 10 nitrogen and oxygen atoms in total. The SMILES string of the molecule is COc1ccc(-c2nc(C(=O)NCc3cccnc3N3CCOCC3)c([C@H](C)N)o2)c2ccc(C(F)(F)F)nc12. The highest BCUT2D eigenvalue weighted by molar-refractivity contribution is 5.98. The smallest absolute Gasteiger partial charge is 0.433 e. The number of anilines is 1. The van der Waals surface area contributed by atoms with Gasteiger partial charge < -0.3 is 29.8 Å². The Morgan fingerprint density at radius 1 is 1.18 bits per heavy atom. The molecule has 210 valence electrons. The van der Waals surface area contributed by atoms with E-state index in [1.54, 1.807) is 25.3 Å². The van der Waals surface area contributed by atoms with Gasteiger partial charge in [-0.3, -0.25) is 4.79 Å². The standard InChI is InChI=1S/C27H27F3N6O4/c1-15(31)23-22(25(37)33-14-16-4-3-9-32-24(16)36-10-12-39-13-11-36)35-26(40-23)18-5-7-19(38-2)21-17(18)6-8-20(34-21)27(28,29)30/h3-9,15H,10-14,31H2,1-2H3,(H,33,37)/t15-/m0/s1. The Morgan fingerprint density at radius 2 is 1.95 bits per heavy atom. The van der Waals surface area contributed by atoms with Gasteiger partial charge in [-0.2, -0.15) is 13.2 Å². The van der Waals surface area contributed by atoms with Crippen LogP contribution < -0.4 is 20.7 Å². The van der Waals surface area contributed by atoms with Gasteiger partial charge in [-0.05, 0) is 37.3 Å². The van der Waals surface area contributed by atoms with Crippen LogP contribution in [0.15, 0.2) is 47.0 Å². The Bertz CT molecular complexity index is 1530. The first-order chi connectivity index (χ1) is 19.2. The summed E-state index contributed by atoms with van der Waals surface area (Å²) in [5.41, 5.74) is 6.14. The van der Waals surface area contributed by atoms with E-state index >= 15 is 0 Å². The molecule has 0 aliphatic carbocycles. The minimum Gasteiger partial charge on any atom is -0.494 e. The average Bonchev–Trinajstić information content (AvgIpc) is 3.41. The summed E-state index contributed by atoms with van der Waals surface area (Å²) in [6, 6.07) is 8.17. The molecule has 0 spiro atoms. The number of halogens is 3. The summed E-state index contributed by atoms with van der Waals surface area (Å²) in [6.07, 6.45) is -2.94. The molecule has 3 N–H and O–H groups in total. The first-order valence-corrected chi connectivity index (χ1v) is 12.5. The van der Waals surface area contributed by atoms with Crippen LogP contribution in [-0.4, -0.2) is 54.3 Å². The third-order valence-electron chi connectivity index (χ3n) is 6.46. The van der Waals surface area contributed by atoms with Crippen LogP contribution in [-0.2, 0) is 17.5 Å². The number of aromatic nitrogens is 3. The first-order valence-electron chi connectivity index (χ1n) is 12.5. The van der Waals surface area contributed by atoms with Gasteiger partial charge >= 0.3 is 6.18 Å². The summed E-state index contributed by atoms with van der Waals surface area (Å²) >= 11 is 0. The second kappa shape index (κ2) is 11.1. The second-order valence-electron chi connectivity index (χ2n) is 9.19. The summed E-state index contributed by atoms with van der Waals surface area (Å²) in [6.45, 7) is 4.38. The number of nitrogens with two attached hydrogens (primary N) is 1. The fraction of sp³-hybridized carbons (Fsp3) is 0.333. The van der Waals surface area contributed by atoms with Crippen LogP contribution in [0.2, 0.25) is 0 Å². The number of rotatable bonds is 7. The van der Waals surface area contributed by atoms with Crippen molar-refractivity contribution >= 4 is 22.6 Å². The number of hydrogen-bond acceptors (Lipinski definition) is 9. The van der Waals surface area contributed by atoms with Gasteiger partial charge in [0, 0.05) is 42.3 Å². The van der Waals surface area contributed by atoms with Crippen molar-refractivity contribution in [2.45, 2.75) is 25.7 Å². The van der Waals surface area contributed by atoms with Crippen LogP contribution in [0.5, 0.6) is 5.75 Å². The van der Waals surface area contributed by atoms with E-state index in [1.165, 1.54) is 19.2 Å². The predicted molar refractivity (Wildman–Crippen MR) is 140 cm³/mol. The van der Waals surface area contributed by atoms with Crippen LogP contribution in [0.4, 0.5) is 19.0 Å². The zero-order valence-corrected chi connectivity index (χ0v) is 21.8. The molecule has 13 heteroatoms. The number of carbonyl (C=O) groups excluding carboxylic acids is 1. The fourth-order valence-electron chi connectivity index (χ4n) is 4.51. The van der Waals surface area contributed by atoms with Gasteiger partial charge in [-0.25, -0.2) is 15.0 Å². The molecular formula is C27H27F3N6O4. The van der Waals surface area contributed by atoms with Crippen LogP contribution in [0.25, 0.3) is 22.4 Å². The van der Waals surface area contributed by atoms with Crippen molar-refractivity contribution < 1.29 is 31.9 Å². The van der Waals surface area contributed by atoms with E-state index < -0.39 is 23.8 Å². The summed E-state index contributed by atoms with van der Waals surface area (Å²) in [4.78, 5) is 28.1. The van der Waals surface area contributed by atoms with Crippen molar-refractivity contribution in [2.75, 3.05) is 38.3 Å². The maximum Gasteiger partial charge on any atom is 0.433 e. The lowest BCUT2D eigenvalue weighted by atomic mass is 10.1. The third-order valence-corrected chi connectivity index (χ3v) is 6.46. The molecule has 0 radical (unpaired) electrons. The number of methoxy groups -OCH3 is 1. The van der Waals surface area contributed by atoms with Gasteiger partial charge in [0.05, 0.1) is 26.4 Å². The number of ether oxygens (including phenoxy) is 2. The van der Waals surface area contributed by atoms with Crippen molar-refractivity contribution in [3.8, 4) is 17.2 Å². The highest BCUT2D eigenvalue weighted by atomic mass is 19.4. The van der Waals surface area contributed by atoms with Crippen molar-refractivity contribution in [3.05, 3.63) is 65.3 Å². The number of alkyl halides is 3. The molecule has 40 heavy (non-hydrogen) atoms. The Morgan fingerprint density at radius 3 is 2.65 bits per heavy atom. The molecule has 3 aromatic heterocycles. The normalized spacial score (nSPS) is 14.8. The summed E-state index contributed by atoms with van der Waals surface area (Å²) < 4.78 is 56.6. The van der Waals surface area contributed by atoms with Gasteiger partial charge in [-0.15, -0.1) is 0 Å². The zero-order chi connectivity index (χ0) is 28.4. The van der Waals surface area contributed by atoms with Gasteiger partial charge in [0.15, 0.2) is 11.5 Å². The molecule has 1 amide bonds. The Kier molecular flexibility index (Phi) is 7.59. The molecule has 0 unspecified atom stereocenters. The lowest BCUT2D eigenvalue weighted by molar-refractivity contribution is -0.140. The largest absolute Gasteiger partial charge is 0.494 e. The van der Waals surface area contributed by atoms with Gasteiger partial charge in [-0.1, -0.05) is 6.07 Å². The Labute approximate surface area is 227 Å². The molecule has 1 aliphatic heterocycles. The summed E-state index contributed by atoms with van der Waals surface area (Å²) in [5.74, 6) is 0.538. The second-order valence-corrected chi connectivity index (χ2v) is 9.19. The average molecular weight is 557 g/mol. The third kappa shape index (κ3) is 5.42. The van der Waals surface area contributed by atoms with E-state index in [-0.39, 0.29) is 35.2 Å². The van der Waals surface area contributed by atoms with Gasteiger partial charge in [0.1, 0.15) is 22.8 Å². The maximum atomic E-state index is 13.3. The molecule has 0 saturated carbocycles. The van der Waals surface area contributed by atoms with Crippen molar-refractivity contribution in [1.82, 2.24) is 20.3 Å². The summed E-state index contributed by atoms with van der Waals surface area (Å²) in [7, 11) is 1.34. The number of nitrogens with one attached hydrogen (secondary N) is 1. The van der Waals surface area contributed by atoms with Crippen molar-refractivity contribution in [3.63, 3.8) is 0 Å². The molecular weight excluding hydrogens is 529 g/mol. The molecule has 1 saturated heterocycles. The first kappa shape index (κ1) is 27.3. The van der Waals surface area contributed by atoms with E-state index in [4.69, 9.17) is 19.6 Å². The monoisotopic (exact) mass is 556 g/mol. The number of amides is 1. The van der Waals surface area contributed by atoms with E-state index in [9.17, 15) is 18.0 Å². The van der Waals surface area contributed by atoms with Crippen molar-refractivity contribution in [1.29, 1.82) is 0 Å². The van der Waals surface area contributed by atoms with Gasteiger partial charge in [0.2, 0.25) is 5.89 Å². The van der Waals surface area contributed by atoms with Crippen LogP contribution in [0.3, 0.4) is 0 Å². The molecule has 0 bridgehead atoms. The molecule has 4 aromatic rings. The number of hydrogen-bond donors (Lipinski definition) is 2. The molecule has 1 aromatic carbocycles. The zero-order valence-electron chi connectivity index (χ0n) is 21.8. The van der Waals surface area contributed by atoms with Gasteiger partial charge in [0.25, 0.3) is 5.91 Å². The van der Waals surface area contributed by atoms with E-state index in [0.717, 1.165) is 17.4 Å². The van der Waals surface area contributed by atoms with Crippen LogP contribution >= 0.6 is 0 Å². The topological polar surface area (TPSA) is 129 Å². The molecule has 1 fully saturated rings. The number of carbonyl (C=O) groups is 1. The summed E-state index contributed by atoms with van der Waals surface area (Å²) in [5, 5.41) is 3.17. The number of fused-ring (bicyclic) bond motifs is 1. The lowest BCUT2D eigenvalue weighted by Crippen LogP contribution is -2.38. The highest BCUT2D eigenvalue weighted by Gasteiger charge is 2.33. The van der Waals surface area contributed by atoms with Crippen LogP contribution in [0.1, 0.15) is 40.5 Å². The number of nitrogens with zero attached hydrogens (tertiary/aromatic N) is 4. The Hall–Kier alpha value is -4.23. The van der Waals surface area contributed by atoms with Crippen molar-refractivity contribution in [2.24, 2.45) is 5.73 Å². The number of oxazole rings is 1.